The van der Waals surface area contributed by atoms with E-state index in [9.17, 15) is 4.79 Å². The highest BCUT2D eigenvalue weighted by molar-refractivity contribution is 5.89. The fourth-order valence-corrected chi connectivity index (χ4v) is 4.07. The molecule has 2 amide bonds. The Morgan fingerprint density at radius 2 is 2.00 bits per heavy atom. The molecule has 1 aromatic carbocycles. The Kier molecular flexibility index (Phi) is 7.75. The first-order chi connectivity index (χ1) is 14.1. The second-order valence-electron chi connectivity index (χ2n) is 8.20. The number of anilines is 1. The van der Waals surface area contributed by atoms with E-state index in [4.69, 9.17) is 4.74 Å². The second-order valence-corrected chi connectivity index (χ2v) is 8.20. The van der Waals surface area contributed by atoms with Gasteiger partial charge in [-0.15, -0.1) is 0 Å². The molecule has 0 unspecified atom stereocenters. The van der Waals surface area contributed by atoms with Crippen molar-refractivity contribution in [3.63, 3.8) is 0 Å². The molecule has 0 radical (unpaired) electrons. The first kappa shape index (κ1) is 21.4. The first-order valence-corrected chi connectivity index (χ1v) is 10.7. The molecule has 3 rings (SSSR count). The molecule has 0 atom stereocenters. The third-order valence-electron chi connectivity index (χ3n) is 6.14. The molecule has 1 aliphatic carbocycles. The van der Waals surface area contributed by atoms with E-state index >= 15 is 0 Å². The molecular weight excluding hydrogens is 366 g/mol. The van der Waals surface area contributed by atoms with Crippen LogP contribution >= 0.6 is 0 Å². The lowest BCUT2D eigenvalue weighted by Gasteiger charge is -2.42. The maximum atomic E-state index is 12.3. The molecule has 7 heteroatoms. The number of guanidine groups is 1. The van der Waals surface area contributed by atoms with Gasteiger partial charge in [0.15, 0.2) is 5.96 Å². The van der Waals surface area contributed by atoms with E-state index < -0.39 is 0 Å². The normalized spacial score (nSPS) is 18.3. The van der Waals surface area contributed by atoms with Gasteiger partial charge in [-0.2, -0.15) is 0 Å². The summed E-state index contributed by atoms with van der Waals surface area (Å²) in [6.07, 6.45) is 7.07. The number of rotatable bonds is 8. The highest BCUT2D eigenvalue weighted by Crippen LogP contribution is 2.43. The number of carbonyl (C=O) groups excluding carboxylic acids is 1. The maximum Gasteiger partial charge on any atom is 0.321 e. The van der Waals surface area contributed by atoms with Crippen LogP contribution < -0.4 is 16.0 Å². The van der Waals surface area contributed by atoms with E-state index in [0.717, 1.165) is 62.7 Å². The second kappa shape index (κ2) is 10.5. The van der Waals surface area contributed by atoms with Crippen LogP contribution in [0.3, 0.4) is 0 Å². The van der Waals surface area contributed by atoms with E-state index in [1.807, 2.05) is 23.1 Å². The Balaban J connectivity index is 1.47. The lowest BCUT2D eigenvalue weighted by molar-refractivity contribution is 0.0732. The Morgan fingerprint density at radius 1 is 1.21 bits per heavy atom. The lowest BCUT2D eigenvalue weighted by atomic mass is 9.67. The monoisotopic (exact) mass is 401 g/mol. The van der Waals surface area contributed by atoms with Crippen molar-refractivity contribution in [1.29, 1.82) is 0 Å². The molecule has 1 saturated carbocycles. The summed E-state index contributed by atoms with van der Waals surface area (Å²) in [6.45, 7) is 4.08. The predicted molar refractivity (Wildman–Crippen MR) is 117 cm³/mol. The molecule has 2 fully saturated rings. The molecule has 0 bridgehead atoms. The first-order valence-electron chi connectivity index (χ1n) is 10.7. The predicted octanol–water partition coefficient (Wildman–Crippen LogP) is 3.19. The molecule has 29 heavy (non-hydrogen) atoms. The van der Waals surface area contributed by atoms with Gasteiger partial charge in [0.25, 0.3) is 0 Å². The zero-order chi connectivity index (χ0) is 20.5. The van der Waals surface area contributed by atoms with Crippen LogP contribution in [-0.2, 0) is 11.3 Å². The number of nitrogens with zero attached hydrogens (tertiary/aromatic N) is 2. The Morgan fingerprint density at radius 3 is 2.66 bits per heavy atom. The third-order valence-corrected chi connectivity index (χ3v) is 6.14. The van der Waals surface area contributed by atoms with E-state index in [2.05, 4.69) is 27.0 Å². The van der Waals surface area contributed by atoms with Crippen LogP contribution in [0.4, 0.5) is 10.5 Å². The summed E-state index contributed by atoms with van der Waals surface area (Å²) in [4.78, 5) is 18.5. The Labute approximate surface area is 174 Å². The highest BCUT2D eigenvalue weighted by atomic mass is 16.5. The number of likely N-dealkylation sites (tertiary alicyclic amines) is 1. The van der Waals surface area contributed by atoms with Crippen molar-refractivity contribution in [1.82, 2.24) is 15.5 Å². The van der Waals surface area contributed by atoms with Crippen LogP contribution in [-0.4, -0.2) is 57.3 Å². The summed E-state index contributed by atoms with van der Waals surface area (Å²) in [6, 6.07) is 7.96. The minimum Gasteiger partial charge on any atom is -0.385 e. The van der Waals surface area contributed by atoms with Crippen molar-refractivity contribution in [3.05, 3.63) is 29.8 Å². The third kappa shape index (κ3) is 6.10. The molecule has 7 nitrogen and oxygen atoms in total. The van der Waals surface area contributed by atoms with E-state index in [1.165, 1.54) is 19.3 Å². The fraction of sp³-hybridized carbons (Fsp3) is 0.636. The highest BCUT2D eigenvalue weighted by Gasteiger charge is 2.36. The standard InChI is InChI=1S/C22H35N5O2/c1-23-20(25-17-22(9-6-10-22)11-14-29-2)24-16-18-7-5-8-19(15-18)26-21(28)27-12-3-4-13-27/h5,7-8,15H,3-4,6,9-14,16-17H2,1-2H3,(H,26,28)(H2,23,24,25). The molecule has 0 spiro atoms. The summed E-state index contributed by atoms with van der Waals surface area (Å²) in [5, 5.41) is 9.87. The minimum absolute atomic E-state index is 0.00746. The molecule has 2 aliphatic rings. The number of amides is 2. The van der Waals surface area contributed by atoms with Crippen molar-refractivity contribution in [3.8, 4) is 0 Å². The van der Waals surface area contributed by atoms with Crippen LogP contribution in [0.15, 0.2) is 29.3 Å². The van der Waals surface area contributed by atoms with Gasteiger partial charge in [-0.3, -0.25) is 4.99 Å². The number of benzene rings is 1. The summed E-state index contributed by atoms with van der Waals surface area (Å²) in [5.74, 6) is 0.806. The number of carbonyl (C=O) groups is 1. The van der Waals surface area contributed by atoms with Gasteiger partial charge in [0.2, 0.25) is 0 Å². The average Bonchev–Trinajstić information content (AvgIpc) is 3.24. The number of methoxy groups -OCH3 is 1. The molecular formula is C22H35N5O2. The smallest absolute Gasteiger partial charge is 0.321 e. The molecule has 1 heterocycles. The van der Waals surface area contributed by atoms with Crippen molar-refractivity contribution in [2.45, 2.75) is 45.1 Å². The van der Waals surface area contributed by atoms with Gasteiger partial charge in [0.05, 0.1) is 0 Å². The minimum atomic E-state index is -0.00746. The van der Waals surface area contributed by atoms with E-state index in [0.29, 0.717) is 12.0 Å². The van der Waals surface area contributed by atoms with Gasteiger partial charge in [0.1, 0.15) is 0 Å². The number of ether oxygens (including phenoxy) is 1. The quantitative estimate of drug-likeness (QED) is 0.462. The van der Waals surface area contributed by atoms with Crippen molar-refractivity contribution < 1.29 is 9.53 Å². The lowest BCUT2D eigenvalue weighted by Crippen LogP contribution is -2.46. The van der Waals surface area contributed by atoms with Crippen LogP contribution in [0.25, 0.3) is 0 Å². The topological polar surface area (TPSA) is 78.0 Å². The van der Waals surface area contributed by atoms with Gasteiger partial charge in [-0.25, -0.2) is 4.79 Å². The Bertz CT molecular complexity index is 696. The van der Waals surface area contributed by atoms with Gasteiger partial charge < -0.3 is 25.6 Å². The van der Waals surface area contributed by atoms with E-state index in [-0.39, 0.29) is 6.03 Å². The van der Waals surface area contributed by atoms with Crippen molar-refractivity contribution in [2.75, 3.05) is 45.7 Å². The summed E-state index contributed by atoms with van der Waals surface area (Å²) in [7, 11) is 3.56. The number of hydrogen-bond acceptors (Lipinski definition) is 3. The van der Waals surface area contributed by atoms with Crippen LogP contribution in [0.1, 0.15) is 44.1 Å². The number of urea groups is 1. The maximum absolute atomic E-state index is 12.3. The molecule has 1 aliphatic heterocycles. The molecule has 0 aromatic heterocycles. The molecule has 1 saturated heterocycles. The largest absolute Gasteiger partial charge is 0.385 e. The Hall–Kier alpha value is -2.28. The van der Waals surface area contributed by atoms with Gasteiger partial charge in [0, 0.05) is 52.6 Å². The average molecular weight is 402 g/mol. The van der Waals surface area contributed by atoms with Gasteiger partial charge >= 0.3 is 6.03 Å². The molecule has 1 aromatic rings. The van der Waals surface area contributed by atoms with Crippen LogP contribution in [0.5, 0.6) is 0 Å². The van der Waals surface area contributed by atoms with Gasteiger partial charge in [-0.1, -0.05) is 18.6 Å². The van der Waals surface area contributed by atoms with Crippen molar-refractivity contribution in [2.24, 2.45) is 10.4 Å². The van der Waals surface area contributed by atoms with Crippen molar-refractivity contribution >= 4 is 17.7 Å². The van der Waals surface area contributed by atoms with Gasteiger partial charge in [-0.05, 0) is 55.2 Å². The van der Waals surface area contributed by atoms with E-state index in [1.54, 1.807) is 14.2 Å². The summed E-state index contributed by atoms with van der Waals surface area (Å²) >= 11 is 0. The number of nitrogens with one attached hydrogen (secondary N) is 3. The zero-order valence-corrected chi connectivity index (χ0v) is 17.8. The summed E-state index contributed by atoms with van der Waals surface area (Å²) in [5.41, 5.74) is 2.27. The zero-order valence-electron chi connectivity index (χ0n) is 17.8. The van der Waals surface area contributed by atoms with Crippen LogP contribution in [0.2, 0.25) is 0 Å². The SMILES string of the molecule is CN=C(NCc1cccc(NC(=O)N2CCCC2)c1)NCC1(CCOC)CCC1. The number of aliphatic imine (C=N–C) groups is 1. The number of hydrogen-bond donors (Lipinski definition) is 3. The molecule has 160 valence electrons. The molecule has 3 N–H and O–H groups in total. The fourth-order valence-electron chi connectivity index (χ4n) is 4.07. The summed E-state index contributed by atoms with van der Waals surface area (Å²) < 4.78 is 5.28. The van der Waals surface area contributed by atoms with Crippen LogP contribution in [0, 0.1) is 5.41 Å².